The van der Waals surface area contributed by atoms with E-state index >= 15 is 0 Å². The minimum absolute atomic E-state index is 0.174. The van der Waals surface area contributed by atoms with Gasteiger partial charge in [0.15, 0.2) is 0 Å². The lowest BCUT2D eigenvalue weighted by atomic mass is 10.1. The van der Waals surface area contributed by atoms with E-state index in [0.717, 1.165) is 25.9 Å². The van der Waals surface area contributed by atoms with Gasteiger partial charge in [-0.05, 0) is 12.8 Å². The Hall–Kier alpha value is -0.160. The number of aliphatic hydroxyl groups excluding tert-OH is 2. The molecule has 0 aromatic carbocycles. The van der Waals surface area contributed by atoms with E-state index in [1.54, 1.807) is 0 Å². The zero-order valence-corrected chi connectivity index (χ0v) is 15.0. The van der Waals surface area contributed by atoms with Gasteiger partial charge in [0.25, 0.3) is 0 Å². The van der Waals surface area contributed by atoms with Crippen LogP contribution in [0.25, 0.3) is 0 Å². The fourth-order valence-corrected chi connectivity index (χ4v) is 3.12. The average Bonchev–Trinajstić information content (AvgIpc) is 2.46. The van der Waals surface area contributed by atoms with Crippen LogP contribution >= 0.6 is 0 Å². The topological polar surface area (TPSA) is 60.7 Å². The summed E-state index contributed by atoms with van der Waals surface area (Å²) < 4.78 is 0.648. The molecule has 0 heterocycles. The summed E-state index contributed by atoms with van der Waals surface area (Å²) in [7, 11) is 2.06. The molecule has 0 amide bonds. The van der Waals surface area contributed by atoms with Crippen molar-refractivity contribution in [1.82, 2.24) is 0 Å². The second-order valence-corrected chi connectivity index (χ2v) is 6.99. The molecule has 4 nitrogen and oxygen atoms in total. The molecule has 0 aliphatic rings. The Bertz CT molecular complexity index is 236. The van der Waals surface area contributed by atoms with Crippen molar-refractivity contribution >= 4 is 0 Å². The summed E-state index contributed by atoms with van der Waals surface area (Å²) in [4.78, 5) is 0. The summed E-state index contributed by atoms with van der Waals surface area (Å²) >= 11 is 0. The predicted molar refractivity (Wildman–Crippen MR) is 92.6 cm³/mol. The van der Waals surface area contributed by atoms with Crippen LogP contribution in [0.1, 0.15) is 77.6 Å². The zero-order valence-electron chi connectivity index (χ0n) is 15.0. The average molecular weight is 319 g/mol. The molecule has 1 unspecified atom stereocenters. The van der Waals surface area contributed by atoms with Crippen LogP contribution in [0.15, 0.2) is 0 Å². The third kappa shape index (κ3) is 13.5. The second-order valence-electron chi connectivity index (χ2n) is 6.99. The molecule has 134 valence electrons. The van der Waals surface area contributed by atoms with Crippen molar-refractivity contribution in [2.24, 2.45) is 0 Å². The molecule has 3 N–H and O–H groups in total. The number of hydrogen-bond acceptors (Lipinski definition) is 3. The summed E-state index contributed by atoms with van der Waals surface area (Å²) in [5, 5.41) is 27.4. The van der Waals surface area contributed by atoms with E-state index < -0.39 is 6.29 Å². The fourth-order valence-electron chi connectivity index (χ4n) is 3.12. The maximum atomic E-state index is 9.23. The number of aliphatic hydroxyl groups is 3. The number of rotatable bonds is 16. The lowest BCUT2D eigenvalue weighted by Gasteiger charge is -2.35. The molecule has 0 saturated carbocycles. The molecule has 22 heavy (non-hydrogen) atoms. The van der Waals surface area contributed by atoms with Crippen molar-refractivity contribution in [3.05, 3.63) is 0 Å². The summed E-state index contributed by atoms with van der Waals surface area (Å²) in [6, 6.07) is 0. The molecular weight excluding hydrogens is 278 g/mol. The highest BCUT2D eigenvalue weighted by Crippen LogP contribution is 2.13. The van der Waals surface area contributed by atoms with Crippen molar-refractivity contribution in [3.63, 3.8) is 0 Å². The number of nitrogens with zero attached hydrogens (tertiary/aromatic N) is 1. The molecule has 0 aromatic rings. The van der Waals surface area contributed by atoms with Gasteiger partial charge >= 0.3 is 0 Å². The van der Waals surface area contributed by atoms with Crippen LogP contribution < -0.4 is 0 Å². The first-order valence-electron chi connectivity index (χ1n) is 9.34. The lowest BCUT2D eigenvalue weighted by Crippen LogP contribution is -2.50. The van der Waals surface area contributed by atoms with Gasteiger partial charge in [-0.15, -0.1) is 0 Å². The quantitative estimate of drug-likeness (QED) is 0.233. The molecule has 0 saturated heterocycles. The first-order valence-corrected chi connectivity index (χ1v) is 9.34. The van der Waals surface area contributed by atoms with E-state index in [9.17, 15) is 10.2 Å². The highest BCUT2D eigenvalue weighted by atomic mass is 16.5. The first-order chi connectivity index (χ1) is 10.5. The van der Waals surface area contributed by atoms with Gasteiger partial charge in [0.05, 0.1) is 20.1 Å². The molecule has 0 bridgehead atoms. The predicted octanol–water partition coefficient (Wildman–Crippen LogP) is 3.05. The molecule has 1 atom stereocenters. The molecular formula is C18H40NO3+. The van der Waals surface area contributed by atoms with Crippen LogP contribution in [0.3, 0.4) is 0 Å². The van der Waals surface area contributed by atoms with Crippen molar-refractivity contribution < 1.29 is 19.8 Å². The molecule has 0 aliphatic heterocycles. The molecule has 0 fully saturated rings. The Morgan fingerprint density at radius 1 is 0.727 bits per heavy atom. The molecule has 0 rings (SSSR count). The van der Waals surface area contributed by atoms with E-state index in [4.69, 9.17) is 5.11 Å². The molecule has 0 radical (unpaired) electrons. The third-order valence-electron chi connectivity index (χ3n) is 4.51. The minimum atomic E-state index is -1.26. The summed E-state index contributed by atoms with van der Waals surface area (Å²) in [5.74, 6) is 0. The van der Waals surface area contributed by atoms with Crippen molar-refractivity contribution in [3.8, 4) is 0 Å². The van der Waals surface area contributed by atoms with Crippen LogP contribution in [-0.2, 0) is 0 Å². The largest absolute Gasteiger partial charge is 0.396 e. The number of quaternary nitrogens is 1. The standard InChI is InChI=1S/C18H40NO3/c1-3-4-5-6-7-8-9-10-11-12-14-19(2,15-13-16-20)17-18(21)22/h18,20-22H,3-17H2,1-2H3/q+1. The van der Waals surface area contributed by atoms with Crippen LogP contribution in [-0.4, -0.2) is 59.4 Å². The number of unbranched alkanes of at least 4 members (excludes halogenated alkanes) is 9. The van der Waals surface area contributed by atoms with Gasteiger partial charge in [0, 0.05) is 13.0 Å². The molecule has 0 aromatic heterocycles. The number of likely N-dealkylation sites (N-methyl/N-ethyl adjacent to an activating group) is 1. The van der Waals surface area contributed by atoms with Crippen molar-refractivity contribution in [2.45, 2.75) is 83.8 Å². The fraction of sp³-hybridized carbons (Fsp3) is 1.00. The normalized spacial score (nSPS) is 14.5. The Balaban J connectivity index is 3.63. The molecule has 4 heteroatoms. The van der Waals surface area contributed by atoms with E-state index in [-0.39, 0.29) is 6.61 Å². The monoisotopic (exact) mass is 318 g/mol. The van der Waals surface area contributed by atoms with Gasteiger partial charge in [-0.1, -0.05) is 58.3 Å². The Morgan fingerprint density at radius 2 is 1.18 bits per heavy atom. The van der Waals surface area contributed by atoms with E-state index in [2.05, 4.69) is 14.0 Å². The van der Waals surface area contributed by atoms with E-state index in [1.807, 2.05) is 0 Å². The zero-order chi connectivity index (χ0) is 16.7. The Labute approximate surface area is 137 Å². The minimum Gasteiger partial charge on any atom is -0.396 e. The highest BCUT2D eigenvalue weighted by Gasteiger charge is 2.23. The van der Waals surface area contributed by atoms with E-state index in [0.29, 0.717) is 11.0 Å². The van der Waals surface area contributed by atoms with Crippen LogP contribution in [0, 0.1) is 0 Å². The van der Waals surface area contributed by atoms with Gasteiger partial charge in [-0.3, -0.25) is 0 Å². The Kier molecular flexibility index (Phi) is 14.3. The Morgan fingerprint density at radius 3 is 1.64 bits per heavy atom. The third-order valence-corrected chi connectivity index (χ3v) is 4.51. The van der Waals surface area contributed by atoms with Gasteiger partial charge < -0.3 is 19.8 Å². The molecule has 0 aliphatic carbocycles. The van der Waals surface area contributed by atoms with Gasteiger partial charge in [0.1, 0.15) is 6.54 Å². The van der Waals surface area contributed by atoms with Crippen molar-refractivity contribution in [2.75, 3.05) is 33.3 Å². The maximum Gasteiger partial charge on any atom is 0.202 e. The number of hydrogen-bond donors (Lipinski definition) is 3. The van der Waals surface area contributed by atoms with Crippen molar-refractivity contribution in [1.29, 1.82) is 0 Å². The first kappa shape index (κ1) is 21.8. The van der Waals surface area contributed by atoms with Gasteiger partial charge in [-0.25, -0.2) is 0 Å². The summed E-state index contributed by atoms with van der Waals surface area (Å²) in [6.45, 7) is 4.56. The molecule has 0 spiro atoms. The maximum absolute atomic E-state index is 9.23. The smallest absolute Gasteiger partial charge is 0.202 e. The van der Waals surface area contributed by atoms with Gasteiger partial charge in [-0.2, -0.15) is 0 Å². The van der Waals surface area contributed by atoms with Crippen LogP contribution in [0.5, 0.6) is 0 Å². The summed E-state index contributed by atoms with van der Waals surface area (Å²) in [6.07, 6.45) is 12.6. The van der Waals surface area contributed by atoms with Gasteiger partial charge in [0.2, 0.25) is 6.29 Å². The van der Waals surface area contributed by atoms with Crippen LogP contribution in [0.2, 0.25) is 0 Å². The summed E-state index contributed by atoms with van der Waals surface area (Å²) in [5.41, 5.74) is 0. The van der Waals surface area contributed by atoms with E-state index in [1.165, 1.54) is 57.8 Å². The lowest BCUT2D eigenvalue weighted by molar-refractivity contribution is -0.915. The second kappa shape index (κ2) is 14.4. The SMILES string of the molecule is CCCCCCCCCCCC[N+](C)(CCCO)CC(O)O. The highest BCUT2D eigenvalue weighted by molar-refractivity contribution is 4.49. The van der Waals surface area contributed by atoms with Crippen LogP contribution in [0.4, 0.5) is 0 Å².